The Kier molecular flexibility index (Phi) is 2.40. The SMILES string of the molecule is O=C(O)CNC(=O)C1CC12CCc1ccccc12. The first kappa shape index (κ1) is 11.3. The maximum Gasteiger partial charge on any atom is 0.322 e. The van der Waals surface area contributed by atoms with E-state index in [1.54, 1.807) is 0 Å². The molecule has 1 fully saturated rings. The molecule has 2 unspecified atom stereocenters. The third kappa shape index (κ3) is 1.60. The fourth-order valence-corrected chi connectivity index (χ4v) is 3.23. The second-order valence-corrected chi connectivity index (χ2v) is 5.18. The molecule has 1 aromatic rings. The van der Waals surface area contributed by atoms with Crippen molar-refractivity contribution in [1.29, 1.82) is 0 Å². The molecule has 0 heterocycles. The molecule has 3 rings (SSSR count). The number of hydrogen-bond acceptors (Lipinski definition) is 2. The predicted molar refractivity (Wildman–Crippen MR) is 65.2 cm³/mol. The van der Waals surface area contributed by atoms with Gasteiger partial charge in [0.1, 0.15) is 6.54 Å². The summed E-state index contributed by atoms with van der Waals surface area (Å²) in [5.41, 5.74) is 2.63. The van der Waals surface area contributed by atoms with Gasteiger partial charge in [-0.05, 0) is 30.4 Å². The number of carbonyl (C=O) groups excluding carboxylic acids is 1. The number of carboxylic acid groups (broad SMARTS) is 1. The van der Waals surface area contributed by atoms with Crippen molar-refractivity contribution in [3.8, 4) is 0 Å². The molecule has 94 valence electrons. The molecule has 0 radical (unpaired) electrons. The van der Waals surface area contributed by atoms with Crippen molar-refractivity contribution >= 4 is 11.9 Å². The molecule has 4 nitrogen and oxygen atoms in total. The van der Waals surface area contributed by atoms with E-state index in [1.165, 1.54) is 11.1 Å². The number of hydrogen-bond donors (Lipinski definition) is 2. The highest BCUT2D eigenvalue weighted by atomic mass is 16.4. The van der Waals surface area contributed by atoms with E-state index >= 15 is 0 Å². The van der Waals surface area contributed by atoms with Crippen molar-refractivity contribution < 1.29 is 14.7 Å². The van der Waals surface area contributed by atoms with Crippen LogP contribution in [0.4, 0.5) is 0 Å². The highest BCUT2D eigenvalue weighted by Crippen LogP contribution is 2.61. The first-order valence-electron chi connectivity index (χ1n) is 6.21. The van der Waals surface area contributed by atoms with Crippen LogP contribution in [0.3, 0.4) is 0 Å². The van der Waals surface area contributed by atoms with E-state index in [0.29, 0.717) is 0 Å². The quantitative estimate of drug-likeness (QED) is 0.837. The highest BCUT2D eigenvalue weighted by Gasteiger charge is 2.61. The van der Waals surface area contributed by atoms with Crippen LogP contribution in [0, 0.1) is 5.92 Å². The van der Waals surface area contributed by atoms with Crippen LogP contribution in [0.1, 0.15) is 24.0 Å². The van der Waals surface area contributed by atoms with Gasteiger partial charge in [0.15, 0.2) is 0 Å². The molecule has 4 heteroatoms. The van der Waals surface area contributed by atoms with Gasteiger partial charge in [-0.3, -0.25) is 9.59 Å². The van der Waals surface area contributed by atoms with Gasteiger partial charge in [-0.25, -0.2) is 0 Å². The number of carboxylic acids is 1. The second-order valence-electron chi connectivity index (χ2n) is 5.18. The first-order valence-corrected chi connectivity index (χ1v) is 6.21. The Balaban J connectivity index is 1.74. The smallest absolute Gasteiger partial charge is 0.322 e. The van der Waals surface area contributed by atoms with Gasteiger partial charge in [-0.15, -0.1) is 0 Å². The average Bonchev–Trinajstić information content (AvgIpc) is 2.98. The molecule has 1 saturated carbocycles. The fraction of sp³-hybridized carbons (Fsp3) is 0.429. The summed E-state index contributed by atoms with van der Waals surface area (Å²) < 4.78 is 0. The van der Waals surface area contributed by atoms with Gasteiger partial charge in [0, 0.05) is 11.3 Å². The van der Waals surface area contributed by atoms with E-state index < -0.39 is 5.97 Å². The molecule has 2 aliphatic carbocycles. The van der Waals surface area contributed by atoms with Crippen LogP contribution >= 0.6 is 0 Å². The molecule has 2 aliphatic rings. The van der Waals surface area contributed by atoms with Crippen LogP contribution in [0.2, 0.25) is 0 Å². The van der Waals surface area contributed by atoms with Crippen LogP contribution in [0.25, 0.3) is 0 Å². The van der Waals surface area contributed by atoms with Crippen LogP contribution in [0.15, 0.2) is 24.3 Å². The number of nitrogens with one attached hydrogen (secondary N) is 1. The molecular formula is C14H15NO3. The summed E-state index contributed by atoms with van der Waals surface area (Å²) in [5, 5.41) is 11.1. The van der Waals surface area contributed by atoms with Crippen LogP contribution in [0.5, 0.6) is 0 Å². The summed E-state index contributed by atoms with van der Waals surface area (Å²) in [6.07, 6.45) is 2.89. The van der Waals surface area contributed by atoms with Crippen LogP contribution < -0.4 is 5.32 Å². The van der Waals surface area contributed by atoms with E-state index in [4.69, 9.17) is 5.11 Å². The van der Waals surface area contributed by atoms with Gasteiger partial charge < -0.3 is 10.4 Å². The summed E-state index contributed by atoms with van der Waals surface area (Å²) in [7, 11) is 0. The van der Waals surface area contributed by atoms with Gasteiger partial charge in [-0.1, -0.05) is 24.3 Å². The third-order valence-electron chi connectivity index (χ3n) is 4.20. The van der Waals surface area contributed by atoms with Gasteiger partial charge in [0.2, 0.25) is 5.91 Å². The summed E-state index contributed by atoms with van der Waals surface area (Å²) in [6.45, 7) is -0.285. The third-order valence-corrected chi connectivity index (χ3v) is 4.20. The molecule has 0 aromatic heterocycles. The Labute approximate surface area is 105 Å². The number of fused-ring (bicyclic) bond motifs is 2. The summed E-state index contributed by atoms with van der Waals surface area (Å²) >= 11 is 0. The summed E-state index contributed by atoms with van der Waals surface area (Å²) in [4.78, 5) is 22.3. The lowest BCUT2D eigenvalue weighted by molar-refractivity contribution is -0.138. The topological polar surface area (TPSA) is 66.4 Å². The number of amides is 1. The zero-order valence-electron chi connectivity index (χ0n) is 9.98. The Bertz CT molecular complexity index is 526. The zero-order chi connectivity index (χ0) is 12.8. The Morgan fingerprint density at radius 2 is 2.17 bits per heavy atom. The first-order chi connectivity index (χ1) is 8.63. The van der Waals surface area contributed by atoms with Gasteiger partial charge in [-0.2, -0.15) is 0 Å². The van der Waals surface area contributed by atoms with Crippen molar-refractivity contribution in [2.45, 2.75) is 24.7 Å². The molecule has 1 aromatic carbocycles. The van der Waals surface area contributed by atoms with Gasteiger partial charge in [0.05, 0.1) is 0 Å². The molecule has 2 N–H and O–H groups in total. The number of aliphatic carboxylic acids is 1. The zero-order valence-corrected chi connectivity index (χ0v) is 9.98. The Morgan fingerprint density at radius 3 is 2.94 bits per heavy atom. The number of benzene rings is 1. The molecule has 0 aliphatic heterocycles. The summed E-state index contributed by atoms with van der Waals surface area (Å²) in [6, 6.07) is 8.26. The van der Waals surface area contributed by atoms with Gasteiger partial charge in [0.25, 0.3) is 0 Å². The largest absolute Gasteiger partial charge is 0.480 e. The second kappa shape index (κ2) is 3.83. The molecule has 18 heavy (non-hydrogen) atoms. The lowest BCUT2D eigenvalue weighted by atomic mass is 9.95. The Morgan fingerprint density at radius 1 is 1.39 bits per heavy atom. The normalized spacial score (nSPS) is 27.9. The van der Waals surface area contributed by atoms with Crippen LogP contribution in [-0.2, 0) is 21.4 Å². The minimum Gasteiger partial charge on any atom is -0.480 e. The maximum absolute atomic E-state index is 11.9. The molecule has 2 atom stereocenters. The van der Waals surface area contributed by atoms with E-state index in [-0.39, 0.29) is 23.8 Å². The molecule has 0 bridgehead atoms. The standard InChI is InChI=1S/C14H15NO3/c16-12(17)8-15-13(18)11-7-14(11)6-5-9-3-1-2-4-10(9)14/h1-4,11H,5-8H2,(H,15,18)(H,16,17). The van der Waals surface area contributed by atoms with Crippen molar-refractivity contribution in [1.82, 2.24) is 5.32 Å². The average molecular weight is 245 g/mol. The van der Waals surface area contributed by atoms with E-state index in [9.17, 15) is 9.59 Å². The summed E-state index contributed by atoms with van der Waals surface area (Å²) in [5.74, 6) is -1.15. The Hall–Kier alpha value is -1.84. The monoisotopic (exact) mass is 245 g/mol. The van der Waals surface area contributed by atoms with Crippen molar-refractivity contribution in [2.75, 3.05) is 6.54 Å². The van der Waals surface area contributed by atoms with E-state index in [1.807, 2.05) is 12.1 Å². The predicted octanol–water partition coefficient (Wildman–Crippen LogP) is 1.09. The minimum absolute atomic E-state index is 0.000813. The van der Waals surface area contributed by atoms with E-state index in [2.05, 4.69) is 17.4 Å². The maximum atomic E-state index is 11.9. The van der Waals surface area contributed by atoms with Crippen molar-refractivity contribution in [3.05, 3.63) is 35.4 Å². The van der Waals surface area contributed by atoms with Crippen molar-refractivity contribution in [3.63, 3.8) is 0 Å². The molecule has 1 spiro atoms. The highest BCUT2D eigenvalue weighted by molar-refractivity contribution is 5.87. The van der Waals surface area contributed by atoms with E-state index in [0.717, 1.165) is 19.3 Å². The fourth-order valence-electron chi connectivity index (χ4n) is 3.23. The molecule has 0 saturated heterocycles. The number of carbonyl (C=O) groups is 2. The molecule has 1 amide bonds. The minimum atomic E-state index is -0.995. The van der Waals surface area contributed by atoms with Crippen molar-refractivity contribution in [2.24, 2.45) is 5.92 Å². The number of aryl methyl sites for hydroxylation is 1. The van der Waals surface area contributed by atoms with Gasteiger partial charge >= 0.3 is 5.97 Å². The lowest BCUT2D eigenvalue weighted by Crippen LogP contribution is -2.32. The molecular weight excluding hydrogens is 230 g/mol. The number of rotatable bonds is 3. The lowest BCUT2D eigenvalue weighted by Gasteiger charge is -2.11. The van der Waals surface area contributed by atoms with Crippen LogP contribution in [-0.4, -0.2) is 23.5 Å².